The zero-order valence-corrected chi connectivity index (χ0v) is 11.5. The van der Waals surface area contributed by atoms with Crippen LogP contribution in [0.3, 0.4) is 0 Å². The third kappa shape index (κ3) is 9.32. The number of carbonyl (C=O) groups is 1. The lowest BCUT2D eigenvalue weighted by atomic mass is 10.3. The van der Waals surface area contributed by atoms with E-state index in [0.29, 0.717) is 39.6 Å². The van der Waals surface area contributed by atoms with Crippen LogP contribution in [-0.4, -0.2) is 52.2 Å². The Morgan fingerprint density at radius 2 is 1.40 bits per heavy atom. The molecule has 1 amide bonds. The van der Waals surface area contributed by atoms with Crippen molar-refractivity contribution < 1.29 is 23.7 Å². The van der Waals surface area contributed by atoms with Crippen molar-refractivity contribution in [1.29, 1.82) is 0 Å². The summed E-state index contributed by atoms with van der Waals surface area (Å²) in [6, 6.07) is 9.58. The minimum Gasteiger partial charge on any atom is -0.491 e. The third-order valence-corrected chi connectivity index (χ3v) is 2.23. The highest BCUT2D eigenvalue weighted by molar-refractivity contribution is 5.74. The second-order valence-electron chi connectivity index (χ2n) is 3.91. The summed E-state index contributed by atoms with van der Waals surface area (Å²) < 4.78 is 21.0. The Hall–Kier alpha value is -1.63. The van der Waals surface area contributed by atoms with Crippen molar-refractivity contribution in [3.05, 3.63) is 30.3 Å². The van der Waals surface area contributed by atoms with Gasteiger partial charge in [0, 0.05) is 0 Å². The van der Waals surface area contributed by atoms with Crippen LogP contribution in [0.25, 0.3) is 0 Å². The predicted octanol–water partition coefficient (Wildman–Crippen LogP) is 0.601. The second kappa shape index (κ2) is 11.2. The largest absolute Gasteiger partial charge is 0.491 e. The average Bonchev–Trinajstić information content (AvgIpc) is 2.45. The van der Waals surface area contributed by atoms with E-state index in [1.807, 2.05) is 30.3 Å². The number of hydrogen-bond donors (Lipinski definition) is 1. The molecule has 1 aromatic carbocycles. The molecule has 6 heteroatoms. The number of hydrogen-bond acceptors (Lipinski definition) is 5. The molecule has 0 aliphatic heterocycles. The lowest BCUT2D eigenvalue weighted by molar-refractivity contribution is -0.123. The molecule has 0 aliphatic rings. The number of primary amides is 1. The number of carbonyl (C=O) groups excluding carboxylic acids is 1. The van der Waals surface area contributed by atoms with Crippen LogP contribution < -0.4 is 10.5 Å². The van der Waals surface area contributed by atoms with Gasteiger partial charge in [-0.25, -0.2) is 0 Å². The standard InChI is InChI=1S/C14H21NO5/c15-14(16)12-19-9-8-17-6-7-18-10-11-20-13-4-2-1-3-5-13/h1-5H,6-12H2,(H2,15,16). The lowest BCUT2D eigenvalue weighted by Crippen LogP contribution is -2.20. The highest BCUT2D eigenvalue weighted by Gasteiger charge is 1.95. The Balaban J connectivity index is 1.80. The molecule has 6 nitrogen and oxygen atoms in total. The minimum absolute atomic E-state index is 0.0727. The van der Waals surface area contributed by atoms with Crippen molar-refractivity contribution >= 4 is 5.91 Å². The summed E-state index contributed by atoms with van der Waals surface area (Å²) >= 11 is 0. The van der Waals surface area contributed by atoms with Crippen molar-refractivity contribution in [3.63, 3.8) is 0 Å². The molecule has 0 bridgehead atoms. The van der Waals surface area contributed by atoms with E-state index in [9.17, 15) is 4.79 Å². The van der Waals surface area contributed by atoms with Crippen molar-refractivity contribution in [1.82, 2.24) is 0 Å². The van der Waals surface area contributed by atoms with E-state index < -0.39 is 5.91 Å². The molecule has 0 unspecified atom stereocenters. The average molecular weight is 283 g/mol. The number of rotatable bonds is 12. The fraction of sp³-hybridized carbons (Fsp3) is 0.500. The van der Waals surface area contributed by atoms with Crippen LogP contribution in [0.15, 0.2) is 30.3 Å². The van der Waals surface area contributed by atoms with E-state index in [1.54, 1.807) is 0 Å². The van der Waals surface area contributed by atoms with Gasteiger partial charge in [0.05, 0.1) is 33.0 Å². The van der Waals surface area contributed by atoms with Gasteiger partial charge < -0.3 is 24.7 Å². The number of nitrogens with two attached hydrogens (primary N) is 1. The van der Waals surface area contributed by atoms with E-state index >= 15 is 0 Å². The predicted molar refractivity (Wildman–Crippen MR) is 73.6 cm³/mol. The van der Waals surface area contributed by atoms with Crippen LogP contribution in [-0.2, 0) is 19.0 Å². The maximum Gasteiger partial charge on any atom is 0.243 e. The number of ether oxygens (including phenoxy) is 4. The normalized spacial score (nSPS) is 10.4. The Morgan fingerprint density at radius 1 is 0.850 bits per heavy atom. The SMILES string of the molecule is NC(=O)COCCOCCOCCOc1ccccc1. The molecule has 0 saturated carbocycles. The van der Waals surface area contributed by atoms with Gasteiger partial charge in [-0.05, 0) is 12.1 Å². The second-order valence-corrected chi connectivity index (χ2v) is 3.91. The van der Waals surface area contributed by atoms with Crippen molar-refractivity contribution in [2.24, 2.45) is 5.73 Å². The molecule has 20 heavy (non-hydrogen) atoms. The van der Waals surface area contributed by atoms with Gasteiger partial charge in [-0.3, -0.25) is 4.79 Å². The summed E-state index contributed by atoms with van der Waals surface area (Å²) in [7, 11) is 0. The summed E-state index contributed by atoms with van der Waals surface area (Å²) in [5, 5.41) is 0. The van der Waals surface area contributed by atoms with Crippen LogP contribution in [0, 0.1) is 0 Å². The molecule has 0 radical (unpaired) electrons. The first-order chi connectivity index (χ1) is 9.79. The van der Waals surface area contributed by atoms with Gasteiger partial charge in [0.2, 0.25) is 5.91 Å². The van der Waals surface area contributed by atoms with Crippen LogP contribution in [0.1, 0.15) is 0 Å². The first-order valence-electron chi connectivity index (χ1n) is 6.48. The van der Waals surface area contributed by atoms with E-state index in [2.05, 4.69) is 0 Å². The molecule has 0 atom stereocenters. The zero-order valence-electron chi connectivity index (χ0n) is 11.5. The van der Waals surface area contributed by atoms with Crippen LogP contribution in [0.5, 0.6) is 5.75 Å². The monoisotopic (exact) mass is 283 g/mol. The molecule has 0 heterocycles. The fourth-order valence-electron chi connectivity index (χ4n) is 1.35. The molecule has 112 valence electrons. The topological polar surface area (TPSA) is 80.0 Å². The van der Waals surface area contributed by atoms with Crippen LogP contribution >= 0.6 is 0 Å². The Bertz CT molecular complexity index is 358. The minimum atomic E-state index is -0.480. The summed E-state index contributed by atoms with van der Waals surface area (Å²) in [5.74, 6) is 0.352. The molecule has 0 aromatic heterocycles. The zero-order chi connectivity index (χ0) is 14.5. The van der Waals surface area contributed by atoms with Crippen molar-refractivity contribution in [3.8, 4) is 5.75 Å². The smallest absolute Gasteiger partial charge is 0.243 e. The molecule has 1 rings (SSSR count). The van der Waals surface area contributed by atoms with Gasteiger partial charge in [-0.15, -0.1) is 0 Å². The lowest BCUT2D eigenvalue weighted by Gasteiger charge is -2.07. The maximum atomic E-state index is 10.4. The Kier molecular flexibility index (Phi) is 9.21. The van der Waals surface area contributed by atoms with Crippen molar-refractivity contribution in [2.75, 3.05) is 46.2 Å². The molecular weight excluding hydrogens is 262 g/mol. The number of amides is 1. The van der Waals surface area contributed by atoms with Gasteiger partial charge in [0.15, 0.2) is 0 Å². The van der Waals surface area contributed by atoms with Gasteiger partial charge in [-0.2, -0.15) is 0 Å². The van der Waals surface area contributed by atoms with Gasteiger partial charge in [0.25, 0.3) is 0 Å². The summed E-state index contributed by atoms with van der Waals surface area (Å²) in [5.41, 5.74) is 4.91. The molecule has 0 aliphatic carbocycles. The summed E-state index contributed by atoms with van der Waals surface area (Å²) in [6.45, 7) is 2.68. The van der Waals surface area contributed by atoms with Gasteiger partial charge >= 0.3 is 0 Å². The maximum absolute atomic E-state index is 10.4. The molecule has 0 fully saturated rings. The van der Waals surface area contributed by atoms with Crippen LogP contribution in [0.4, 0.5) is 0 Å². The Labute approximate surface area is 118 Å². The quantitative estimate of drug-likeness (QED) is 0.568. The van der Waals surface area contributed by atoms with E-state index in [-0.39, 0.29) is 6.61 Å². The molecule has 0 saturated heterocycles. The first-order valence-corrected chi connectivity index (χ1v) is 6.48. The van der Waals surface area contributed by atoms with Crippen LogP contribution in [0.2, 0.25) is 0 Å². The van der Waals surface area contributed by atoms with E-state index in [1.165, 1.54) is 0 Å². The summed E-state index contributed by atoms with van der Waals surface area (Å²) in [6.07, 6.45) is 0. The highest BCUT2D eigenvalue weighted by atomic mass is 16.6. The molecule has 0 spiro atoms. The third-order valence-electron chi connectivity index (χ3n) is 2.23. The molecule has 2 N–H and O–H groups in total. The first kappa shape index (κ1) is 16.4. The van der Waals surface area contributed by atoms with Gasteiger partial charge in [-0.1, -0.05) is 18.2 Å². The van der Waals surface area contributed by atoms with E-state index in [4.69, 9.17) is 24.7 Å². The molecular formula is C14H21NO5. The Morgan fingerprint density at radius 3 is 2.00 bits per heavy atom. The highest BCUT2D eigenvalue weighted by Crippen LogP contribution is 2.07. The number of para-hydroxylation sites is 1. The number of benzene rings is 1. The fourth-order valence-corrected chi connectivity index (χ4v) is 1.35. The van der Waals surface area contributed by atoms with Crippen molar-refractivity contribution in [2.45, 2.75) is 0 Å². The summed E-state index contributed by atoms with van der Waals surface area (Å²) in [4.78, 5) is 10.4. The van der Waals surface area contributed by atoms with Gasteiger partial charge in [0.1, 0.15) is 19.0 Å². The molecule has 1 aromatic rings. The van der Waals surface area contributed by atoms with E-state index in [0.717, 1.165) is 5.75 Å².